The Morgan fingerprint density at radius 2 is 0.745 bits per heavy atom. The topological polar surface area (TPSA) is 85.5 Å². The summed E-state index contributed by atoms with van der Waals surface area (Å²) < 4.78 is 26.2. The summed E-state index contributed by atoms with van der Waals surface area (Å²) in [6.07, 6.45) is 1.25. The van der Waals surface area contributed by atoms with Gasteiger partial charge >= 0.3 is 12.1 Å². The Hall–Kier alpha value is -5.54. The number of urea groups is 2. The van der Waals surface area contributed by atoms with Gasteiger partial charge in [0.25, 0.3) is 0 Å². The van der Waals surface area contributed by atoms with E-state index in [1.807, 2.05) is 66.7 Å². The van der Waals surface area contributed by atoms with E-state index in [4.69, 9.17) is 0 Å². The van der Waals surface area contributed by atoms with Crippen molar-refractivity contribution in [3.63, 3.8) is 0 Å². The summed E-state index contributed by atoms with van der Waals surface area (Å²) in [6.45, 7) is 6.30. The van der Waals surface area contributed by atoms with E-state index in [0.717, 1.165) is 17.7 Å². The summed E-state index contributed by atoms with van der Waals surface area (Å²) in [5, 5.41) is 10.9. The predicted octanol–water partition coefficient (Wildman–Crippen LogP) is 9.87. The number of anilines is 4. The van der Waals surface area contributed by atoms with Crippen molar-refractivity contribution >= 4 is 34.8 Å². The maximum Gasteiger partial charge on any atom is 0.323 e. The Balaban J connectivity index is 0.00000160. The standard InChI is InChI=1S/C35H31F2N5O2.C3H8/c36-28-10-18-32(19-11-28)40-34(43)38-30-14-6-26(7-15-30)23-42(22-25-4-2-1-3-5-25)24-27-8-16-31(17-9-27)39-35(44)41-33-20-12-29(37)13-21-33;1-3-2/h1-21H,22-24H2,(H2,38,40,43)(H2,39,41,44);3H2,1-2H3. The van der Waals surface area contributed by atoms with E-state index in [0.29, 0.717) is 35.8 Å². The zero-order valence-corrected chi connectivity index (χ0v) is 26.5. The highest BCUT2D eigenvalue weighted by atomic mass is 19.1. The molecule has 242 valence electrons. The molecule has 7 nitrogen and oxygen atoms in total. The van der Waals surface area contributed by atoms with Crippen molar-refractivity contribution in [1.82, 2.24) is 4.90 Å². The number of halogens is 2. The third-order valence-corrected chi connectivity index (χ3v) is 6.69. The van der Waals surface area contributed by atoms with Crippen molar-refractivity contribution in [3.05, 3.63) is 156 Å². The average molecular weight is 636 g/mol. The molecule has 4 N–H and O–H groups in total. The summed E-state index contributed by atoms with van der Waals surface area (Å²) >= 11 is 0. The quantitative estimate of drug-likeness (QED) is 0.123. The normalized spacial score (nSPS) is 10.4. The fourth-order valence-corrected chi connectivity index (χ4v) is 4.57. The van der Waals surface area contributed by atoms with Crippen LogP contribution in [0.3, 0.4) is 0 Å². The largest absolute Gasteiger partial charge is 0.323 e. The van der Waals surface area contributed by atoms with E-state index in [2.05, 4.69) is 52.1 Å². The summed E-state index contributed by atoms with van der Waals surface area (Å²) in [7, 11) is 0. The van der Waals surface area contributed by atoms with Crippen LogP contribution in [0.25, 0.3) is 0 Å². The summed E-state index contributed by atoms with van der Waals surface area (Å²) in [4.78, 5) is 27.0. The Morgan fingerprint density at radius 1 is 0.468 bits per heavy atom. The summed E-state index contributed by atoms with van der Waals surface area (Å²) in [5.74, 6) is -0.739. The van der Waals surface area contributed by atoms with E-state index >= 15 is 0 Å². The molecule has 9 heteroatoms. The van der Waals surface area contributed by atoms with Crippen LogP contribution in [0.2, 0.25) is 0 Å². The van der Waals surface area contributed by atoms with Crippen molar-refractivity contribution in [3.8, 4) is 0 Å². The molecule has 0 radical (unpaired) electrons. The fraction of sp³-hybridized carbons (Fsp3) is 0.158. The monoisotopic (exact) mass is 635 g/mol. The first-order valence-corrected chi connectivity index (χ1v) is 15.4. The maximum absolute atomic E-state index is 13.1. The van der Waals surface area contributed by atoms with Crippen LogP contribution in [-0.2, 0) is 19.6 Å². The van der Waals surface area contributed by atoms with Gasteiger partial charge in [-0.05, 0) is 89.5 Å². The number of hydrogen-bond acceptors (Lipinski definition) is 3. The number of carbonyl (C=O) groups is 2. The van der Waals surface area contributed by atoms with E-state index in [9.17, 15) is 18.4 Å². The molecule has 0 aromatic heterocycles. The Kier molecular flexibility index (Phi) is 13.0. The van der Waals surface area contributed by atoms with Gasteiger partial charge in [-0.1, -0.05) is 74.9 Å². The second-order valence-electron chi connectivity index (χ2n) is 10.9. The minimum absolute atomic E-state index is 0.370. The molecule has 0 atom stereocenters. The van der Waals surface area contributed by atoms with Gasteiger partial charge in [0.1, 0.15) is 11.6 Å². The molecule has 0 bridgehead atoms. The van der Waals surface area contributed by atoms with Gasteiger partial charge in [0.15, 0.2) is 0 Å². The number of amides is 4. The first-order chi connectivity index (χ1) is 22.8. The molecule has 0 aliphatic heterocycles. The molecule has 0 aliphatic rings. The van der Waals surface area contributed by atoms with Crippen LogP contribution in [0.15, 0.2) is 127 Å². The van der Waals surface area contributed by atoms with Gasteiger partial charge in [-0.25, -0.2) is 18.4 Å². The van der Waals surface area contributed by atoms with Crippen molar-refractivity contribution in [2.75, 3.05) is 21.3 Å². The number of carbonyl (C=O) groups excluding carboxylic acids is 2. The van der Waals surface area contributed by atoms with Crippen molar-refractivity contribution in [2.24, 2.45) is 0 Å². The van der Waals surface area contributed by atoms with Crippen LogP contribution >= 0.6 is 0 Å². The van der Waals surface area contributed by atoms with Crippen LogP contribution in [-0.4, -0.2) is 17.0 Å². The van der Waals surface area contributed by atoms with E-state index in [1.54, 1.807) is 0 Å². The lowest BCUT2D eigenvalue weighted by molar-refractivity contribution is 0.247. The van der Waals surface area contributed by atoms with Gasteiger partial charge in [-0.15, -0.1) is 0 Å². The number of rotatable bonds is 10. The molecule has 4 amide bonds. The number of benzene rings is 5. The van der Waals surface area contributed by atoms with Gasteiger partial charge < -0.3 is 21.3 Å². The Morgan fingerprint density at radius 3 is 1.06 bits per heavy atom. The minimum Gasteiger partial charge on any atom is -0.308 e. The van der Waals surface area contributed by atoms with E-state index < -0.39 is 12.1 Å². The van der Waals surface area contributed by atoms with Gasteiger partial charge in [0.2, 0.25) is 0 Å². The molecule has 5 rings (SSSR count). The molecule has 0 spiro atoms. The molecule has 0 saturated carbocycles. The first kappa shape index (κ1) is 34.3. The van der Waals surface area contributed by atoms with Crippen LogP contribution in [0, 0.1) is 11.6 Å². The number of nitrogens with one attached hydrogen (secondary N) is 4. The maximum atomic E-state index is 13.1. The first-order valence-electron chi connectivity index (χ1n) is 15.4. The van der Waals surface area contributed by atoms with Gasteiger partial charge in [-0.2, -0.15) is 0 Å². The molecule has 0 unspecified atom stereocenters. The third-order valence-electron chi connectivity index (χ3n) is 6.69. The number of hydrogen-bond donors (Lipinski definition) is 4. The highest BCUT2D eigenvalue weighted by molar-refractivity contribution is 6.00. The van der Waals surface area contributed by atoms with Gasteiger partial charge in [0, 0.05) is 42.4 Å². The van der Waals surface area contributed by atoms with Crippen molar-refractivity contribution in [2.45, 2.75) is 39.9 Å². The predicted molar refractivity (Wildman–Crippen MR) is 186 cm³/mol. The van der Waals surface area contributed by atoms with Crippen molar-refractivity contribution in [1.29, 1.82) is 0 Å². The van der Waals surface area contributed by atoms with Gasteiger partial charge in [0.05, 0.1) is 0 Å². The lowest BCUT2D eigenvalue weighted by atomic mass is 10.1. The van der Waals surface area contributed by atoms with E-state index in [1.165, 1.54) is 60.5 Å². The Labute approximate surface area is 274 Å². The van der Waals surface area contributed by atoms with Gasteiger partial charge in [-0.3, -0.25) is 4.90 Å². The molecule has 0 heterocycles. The lowest BCUT2D eigenvalue weighted by Crippen LogP contribution is -2.23. The molecule has 0 saturated heterocycles. The van der Waals surface area contributed by atoms with Crippen LogP contribution in [0.5, 0.6) is 0 Å². The average Bonchev–Trinajstić information content (AvgIpc) is 3.06. The smallest absolute Gasteiger partial charge is 0.308 e. The van der Waals surface area contributed by atoms with Crippen molar-refractivity contribution < 1.29 is 18.4 Å². The lowest BCUT2D eigenvalue weighted by Gasteiger charge is -2.23. The zero-order valence-electron chi connectivity index (χ0n) is 26.5. The van der Waals surface area contributed by atoms with E-state index in [-0.39, 0.29) is 11.6 Å². The molecule has 0 fully saturated rings. The van der Waals surface area contributed by atoms with Crippen LogP contribution in [0.4, 0.5) is 41.1 Å². The molecular formula is C38H39F2N5O2. The summed E-state index contributed by atoms with van der Waals surface area (Å²) in [6, 6.07) is 35.8. The Bertz CT molecular complexity index is 1570. The zero-order chi connectivity index (χ0) is 33.4. The summed E-state index contributed by atoms with van der Waals surface area (Å²) in [5.41, 5.74) is 5.58. The molecule has 0 aliphatic carbocycles. The fourth-order valence-electron chi connectivity index (χ4n) is 4.57. The number of nitrogens with zero attached hydrogens (tertiary/aromatic N) is 1. The highest BCUT2D eigenvalue weighted by Gasteiger charge is 2.11. The minimum atomic E-state index is -0.416. The van der Waals surface area contributed by atoms with Crippen LogP contribution < -0.4 is 21.3 Å². The SMILES string of the molecule is CCC.O=C(Nc1ccc(F)cc1)Nc1ccc(CN(Cc2ccccc2)Cc2ccc(NC(=O)Nc3ccc(F)cc3)cc2)cc1. The second-order valence-corrected chi connectivity index (χ2v) is 10.9. The van der Waals surface area contributed by atoms with Crippen LogP contribution in [0.1, 0.15) is 37.0 Å². The second kappa shape index (κ2) is 17.8. The molecule has 5 aromatic carbocycles. The molecule has 47 heavy (non-hydrogen) atoms. The third kappa shape index (κ3) is 12.1. The molecule has 5 aromatic rings. The highest BCUT2D eigenvalue weighted by Crippen LogP contribution is 2.19. The molecular weight excluding hydrogens is 596 g/mol.